The molecule has 0 aliphatic rings. The monoisotopic (exact) mass is 301 g/mol. The average molecular weight is 301 g/mol. The van der Waals surface area contributed by atoms with Crippen molar-refractivity contribution in [3.8, 4) is 10.6 Å². The largest absolute Gasteiger partial charge is 0.241 e. The molecule has 0 amide bonds. The molecule has 0 spiro atoms. The van der Waals surface area contributed by atoms with Gasteiger partial charge >= 0.3 is 0 Å². The Morgan fingerprint density at radius 1 is 1.23 bits per heavy atom. The van der Waals surface area contributed by atoms with Crippen molar-refractivity contribution in [1.29, 1.82) is 0 Å². The number of rotatable bonds is 1. The highest BCUT2D eigenvalue weighted by Gasteiger charge is 2.00. The van der Waals surface area contributed by atoms with Crippen molar-refractivity contribution in [2.75, 3.05) is 0 Å². The van der Waals surface area contributed by atoms with Crippen molar-refractivity contribution in [3.63, 3.8) is 0 Å². The molecule has 1 nitrogen and oxygen atoms in total. The third-order valence-corrected chi connectivity index (χ3v) is 3.44. The van der Waals surface area contributed by atoms with Gasteiger partial charge in [-0.05, 0) is 41.6 Å². The number of aromatic nitrogens is 1. The first-order valence-corrected chi connectivity index (χ1v) is 5.89. The lowest BCUT2D eigenvalue weighted by atomic mass is 10.2. The lowest BCUT2D eigenvalue weighted by Gasteiger charge is -1.95. The Balaban J connectivity index is 2.41. The maximum Gasteiger partial charge on any atom is 0.123 e. The van der Waals surface area contributed by atoms with Gasteiger partial charge in [0.05, 0.1) is 0 Å². The number of thiazole rings is 1. The summed E-state index contributed by atoms with van der Waals surface area (Å²) in [5.41, 5.74) is 2.30. The molecule has 1 aromatic carbocycles. The van der Waals surface area contributed by atoms with Crippen LogP contribution in [-0.2, 0) is 0 Å². The first-order valence-electron chi connectivity index (χ1n) is 3.94. The highest BCUT2D eigenvalue weighted by molar-refractivity contribution is 14.1. The Kier molecular flexibility index (Phi) is 2.64. The predicted molar refractivity (Wildman–Crippen MR) is 65.0 cm³/mol. The van der Waals surface area contributed by atoms with Crippen molar-refractivity contribution in [2.45, 2.75) is 6.92 Å². The molecule has 0 atom stereocenters. The summed E-state index contributed by atoms with van der Waals surface area (Å²) in [6.45, 7) is 2.02. The molecule has 0 N–H and O–H groups in total. The van der Waals surface area contributed by atoms with E-state index in [2.05, 4.69) is 57.2 Å². The molecule has 0 saturated carbocycles. The van der Waals surface area contributed by atoms with Crippen LogP contribution >= 0.6 is 33.9 Å². The topological polar surface area (TPSA) is 12.9 Å². The summed E-state index contributed by atoms with van der Waals surface area (Å²) < 4.78 is 1.26. The maximum atomic E-state index is 4.43. The number of hydrogen-bond donors (Lipinski definition) is 0. The van der Waals surface area contributed by atoms with Crippen molar-refractivity contribution < 1.29 is 0 Å². The van der Waals surface area contributed by atoms with Gasteiger partial charge in [0.15, 0.2) is 0 Å². The molecular formula is C10H8INS. The number of hydrogen-bond acceptors (Lipinski definition) is 2. The fourth-order valence-corrected chi connectivity index (χ4v) is 2.24. The molecule has 1 heterocycles. The summed E-state index contributed by atoms with van der Waals surface area (Å²) in [5, 5.41) is 3.18. The van der Waals surface area contributed by atoms with Gasteiger partial charge in [0.25, 0.3) is 0 Å². The molecule has 0 bridgehead atoms. The average Bonchev–Trinajstić information content (AvgIpc) is 2.53. The highest BCUT2D eigenvalue weighted by atomic mass is 127. The second kappa shape index (κ2) is 3.75. The molecule has 0 unspecified atom stereocenters. The summed E-state index contributed by atoms with van der Waals surface area (Å²) in [5.74, 6) is 0. The Labute approximate surface area is 95.0 Å². The summed E-state index contributed by atoms with van der Waals surface area (Å²) in [4.78, 5) is 4.43. The molecule has 0 fully saturated rings. The van der Waals surface area contributed by atoms with Gasteiger partial charge in [-0.15, -0.1) is 11.3 Å². The van der Waals surface area contributed by atoms with Gasteiger partial charge in [-0.1, -0.05) is 12.1 Å². The third kappa shape index (κ3) is 2.08. The fraction of sp³-hybridized carbons (Fsp3) is 0.100. The summed E-state index contributed by atoms with van der Waals surface area (Å²) >= 11 is 4.00. The van der Waals surface area contributed by atoms with E-state index in [9.17, 15) is 0 Å². The normalized spacial score (nSPS) is 10.3. The summed E-state index contributed by atoms with van der Waals surface area (Å²) in [6.07, 6.45) is 0. The van der Waals surface area contributed by atoms with Crippen LogP contribution in [0.15, 0.2) is 29.6 Å². The molecule has 0 radical (unpaired) electrons. The van der Waals surface area contributed by atoms with E-state index in [0.29, 0.717) is 0 Å². The molecule has 0 aliphatic heterocycles. The van der Waals surface area contributed by atoms with Crippen LogP contribution in [0.2, 0.25) is 0 Å². The van der Waals surface area contributed by atoms with E-state index in [4.69, 9.17) is 0 Å². The van der Waals surface area contributed by atoms with Gasteiger partial charge < -0.3 is 0 Å². The number of benzene rings is 1. The quantitative estimate of drug-likeness (QED) is 0.732. The SMILES string of the molecule is Cc1csc(-c2ccc(I)cc2)n1. The summed E-state index contributed by atoms with van der Waals surface area (Å²) in [7, 11) is 0. The Morgan fingerprint density at radius 3 is 2.46 bits per heavy atom. The Hall–Kier alpha value is -0.420. The minimum atomic E-state index is 1.10. The van der Waals surface area contributed by atoms with E-state index in [1.807, 2.05) is 6.92 Å². The maximum absolute atomic E-state index is 4.43. The number of halogens is 1. The lowest BCUT2D eigenvalue weighted by Crippen LogP contribution is -1.77. The Bertz CT molecular complexity index is 405. The van der Waals surface area contributed by atoms with Gasteiger partial charge in [-0.2, -0.15) is 0 Å². The smallest absolute Gasteiger partial charge is 0.123 e. The minimum Gasteiger partial charge on any atom is -0.241 e. The Morgan fingerprint density at radius 2 is 1.92 bits per heavy atom. The van der Waals surface area contributed by atoms with Crippen LogP contribution in [0.25, 0.3) is 10.6 Å². The van der Waals surface area contributed by atoms with Crippen molar-refractivity contribution in [2.24, 2.45) is 0 Å². The van der Waals surface area contributed by atoms with Crippen LogP contribution in [0.3, 0.4) is 0 Å². The first kappa shape index (κ1) is 9.15. The molecule has 0 saturated heterocycles. The molecule has 1 aromatic heterocycles. The number of aryl methyl sites for hydroxylation is 1. The van der Waals surface area contributed by atoms with E-state index in [1.165, 1.54) is 9.13 Å². The van der Waals surface area contributed by atoms with E-state index in [-0.39, 0.29) is 0 Å². The van der Waals surface area contributed by atoms with Crippen molar-refractivity contribution >= 4 is 33.9 Å². The van der Waals surface area contributed by atoms with Gasteiger partial charge in [0.1, 0.15) is 5.01 Å². The fourth-order valence-electron chi connectivity index (χ4n) is 1.08. The molecule has 66 valence electrons. The number of nitrogens with zero attached hydrogens (tertiary/aromatic N) is 1. The second-order valence-electron chi connectivity index (χ2n) is 2.80. The van der Waals surface area contributed by atoms with Gasteiger partial charge in [-0.3, -0.25) is 0 Å². The molecule has 13 heavy (non-hydrogen) atoms. The van der Waals surface area contributed by atoms with Crippen LogP contribution in [0.1, 0.15) is 5.69 Å². The third-order valence-electron chi connectivity index (χ3n) is 1.71. The summed E-state index contributed by atoms with van der Waals surface area (Å²) in [6, 6.07) is 8.43. The zero-order valence-electron chi connectivity index (χ0n) is 7.12. The van der Waals surface area contributed by atoms with Gasteiger partial charge in [0.2, 0.25) is 0 Å². The van der Waals surface area contributed by atoms with Crippen LogP contribution in [0, 0.1) is 10.5 Å². The zero-order chi connectivity index (χ0) is 9.26. The van der Waals surface area contributed by atoms with Crippen LogP contribution in [-0.4, -0.2) is 4.98 Å². The predicted octanol–water partition coefficient (Wildman–Crippen LogP) is 3.72. The molecule has 0 aliphatic carbocycles. The molecule has 3 heteroatoms. The van der Waals surface area contributed by atoms with E-state index < -0.39 is 0 Å². The van der Waals surface area contributed by atoms with Gasteiger partial charge in [-0.25, -0.2) is 4.98 Å². The van der Waals surface area contributed by atoms with Crippen LogP contribution in [0.5, 0.6) is 0 Å². The first-order chi connectivity index (χ1) is 6.25. The van der Waals surface area contributed by atoms with Crippen molar-refractivity contribution in [1.82, 2.24) is 4.98 Å². The highest BCUT2D eigenvalue weighted by Crippen LogP contribution is 2.23. The standard InChI is InChI=1S/C10H8INS/c1-7-6-13-10(12-7)8-2-4-9(11)5-3-8/h2-6H,1H3. The van der Waals surface area contributed by atoms with Crippen LogP contribution < -0.4 is 0 Å². The lowest BCUT2D eigenvalue weighted by molar-refractivity contribution is 1.27. The molecular weight excluding hydrogens is 293 g/mol. The minimum absolute atomic E-state index is 1.10. The van der Waals surface area contributed by atoms with E-state index >= 15 is 0 Å². The van der Waals surface area contributed by atoms with E-state index in [1.54, 1.807) is 11.3 Å². The zero-order valence-corrected chi connectivity index (χ0v) is 10.1. The van der Waals surface area contributed by atoms with Crippen LogP contribution in [0.4, 0.5) is 0 Å². The van der Waals surface area contributed by atoms with Crippen molar-refractivity contribution in [3.05, 3.63) is 38.9 Å². The van der Waals surface area contributed by atoms with Gasteiger partial charge in [0, 0.05) is 20.2 Å². The second-order valence-corrected chi connectivity index (χ2v) is 4.90. The molecule has 2 rings (SSSR count). The van der Waals surface area contributed by atoms with E-state index in [0.717, 1.165) is 10.7 Å². The molecule has 2 aromatic rings.